The molecule has 0 aromatic carbocycles. The van der Waals surface area contributed by atoms with Crippen molar-refractivity contribution in [2.45, 2.75) is 54.0 Å². The summed E-state index contributed by atoms with van der Waals surface area (Å²) in [6.07, 6.45) is 0.397. The Hall–Kier alpha value is -1.26. The summed E-state index contributed by atoms with van der Waals surface area (Å²) < 4.78 is 0. The van der Waals surface area contributed by atoms with E-state index in [-0.39, 0.29) is 34.5 Å². The van der Waals surface area contributed by atoms with E-state index in [2.05, 4.69) is 32.9 Å². The van der Waals surface area contributed by atoms with E-state index in [1.807, 2.05) is 18.7 Å². The Morgan fingerprint density at radius 1 is 1.32 bits per heavy atom. The van der Waals surface area contributed by atoms with Crippen LogP contribution in [0.3, 0.4) is 0 Å². The van der Waals surface area contributed by atoms with E-state index in [0.717, 1.165) is 0 Å². The highest BCUT2D eigenvalue weighted by Crippen LogP contribution is 2.68. The Bertz CT molecular complexity index is 372. The predicted molar refractivity (Wildman–Crippen MR) is 75.9 cm³/mol. The molecule has 1 rings (SSSR count). The van der Waals surface area contributed by atoms with Gasteiger partial charge in [0.05, 0.1) is 0 Å². The normalized spacial score (nSPS) is 21.5. The molecule has 0 aliphatic heterocycles. The molecule has 0 aromatic heterocycles. The van der Waals surface area contributed by atoms with Gasteiger partial charge in [-0.2, -0.15) is 0 Å². The second-order valence-electron chi connectivity index (χ2n) is 6.84. The third-order valence-corrected chi connectivity index (χ3v) is 4.91. The van der Waals surface area contributed by atoms with Crippen molar-refractivity contribution < 1.29 is 10.0 Å². The van der Waals surface area contributed by atoms with Crippen molar-refractivity contribution in [3.05, 3.63) is 0 Å². The number of carbonyl (C=O) groups excluding carboxylic acids is 1. The van der Waals surface area contributed by atoms with Gasteiger partial charge in [0.25, 0.3) is 0 Å². The van der Waals surface area contributed by atoms with Crippen LogP contribution >= 0.6 is 0 Å². The lowest BCUT2D eigenvalue weighted by molar-refractivity contribution is -0.135. The van der Waals surface area contributed by atoms with Gasteiger partial charge in [0.15, 0.2) is 0 Å². The molecular weight excluding hydrogens is 242 g/mol. The van der Waals surface area contributed by atoms with Crippen LogP contribution in [-0.4, -0.2) is 34.4 Å². The van der Waals surface area contributed by atoms with Crippen LogP contribution < -0.4 is 5.73 Å². The van der Waals surface area contributed by atoms with Gasteiger partial charge in [0, 0.05) is 24.9 Å². The molecule has 0 atom stereocenters. The Balaban J connectivity index is 2.76. The molecule has 5 nitrogen and oxygen atoms in total. The summed E-state index contributed by atoms with van der Waals surface area (Å²) in [6, 6.07) is 0.117. The Kier molecular flexibility index (Phi) is 4.17. The minimum atomic E-state index is 0.0356. The van der Waals surface area contributed by atoms with Crippen molar-refractivity contribution in [3.63, 3.8) is 0 Å². The van der Waals surface area contributed by atoms with E-state index < -0.39 is 0 Å². The average Bonchev–Trinajstić information content (AvgIpc) is 2.68. The molecule has 0 radical (unpaired) electrons. The van der Waals surface area contributed by atoms with Crippen LogP contribution in [0.4, 0.5) is 0 Å². The van der Waals surface area contributed by atoms with Crippen molar-refractivity contribution in [1.82, 2.24) is 4.90 Å². The number of carbonyl (C=O) groups is 1. The zero-order valence-electron chi connectivity index (χ0n) is 12.9. The van der Waals surface area contributed by atoms with Crippen molar-refractivity contribution in [2.24, 2.45) is 27.6 Å². The number of nitrogens with zero attached hydrogens (tertiary/aromatic N) is 2. The van der Waals surface area contributed by atoms with Gasteiger partial charge in [-0.1, -0.05) is 32.9 Å². The first-order valence-electron chi connectivity index (χ1n) is 6.84. The quantitative estimate of drug-likeness (QED) is 0.347. The van der Waals surface area contributed by atoms with Gasteiger partial charge >= 0.3 is 0 Å². The van der Waals surface area contributed by atoms with E-state index >= 15 is 0 Å². The average molecular weight is 269 g/mol. The van der Waals surface area contributed by atoms with Gasteiger partial charge in [-0.05, 0) is 24.7 Å². The monoisotopic (exact) mass is 269 g/mol. The number of nitrogens with two attached hydrogens (primary N) is 1. The van der Waals surface area contributed by atoms with Gasteiger partial charge in [-0.25, -0.2) is 0 Å². The molecule has 0 saturated heterocycles. The molecule has 0 bridgehead atoms. The highest BCUT2D eigenvalue weighted by molar-refractivity contribution is 5.85. The summed E-state index contributed by atoms with van der Waals surface area (Å²) >= 11 is 0. The van der Waals surface area contributed by atoms with Gasteiger partial charge < -0.3 is 15.8 Å². The summed E-state index contributed by atoms with van der Waals surface area (Å²) in [6.45, 7) is 13.0. The molecule has 1 aliphatic rings. The zero-order valence-corrected chi connectivity index (χ0v) is 12.9. The highest BCUT2D eigenvalue weighted by atomic mass is 16.4. The first-order valence-corrected chi connectivity index (χ1v) is 6.84. The molecule has 1 saturated carbocycles. The fourth-order valence-electron chi connectivity index (χ4n) is 2.89. The van der Waals surface area contributed by atoms with Crippen molar-refractivity contribution in [1.29, 1.82) is 0 Å². The Labute approximate surface area is 115 Å². The molecule has 1 fully saturated rings. The highest BCUT2D eigenvalue weighted by Gasteiger charge is 2.68. The minimum Gasteiger partial charge on any atom is -0.409 e. The molecule has 1 aliphatic carbocycles. The van der Waals surface area contributed by atoms with Crippen LogP contribution in [0.5, 0.6) is 0 Å². The first-order chi connectivity index (χ1) is 8.57. The van der Waals surface area contributed by atoms with Gasteiger partial charge in [0.1, 0.15) is 5.84 Å². The first kappa shape index (κ1) is 15.8. The number of hydrogen-bond acceptors (Lipinski definition) is 3. The predicted octanol–water partition coefficient (Wildman–Crippen LogP) is 2.04. The maximum atomic E-state index is 12.7. The van der Waals surface area contributed by atoms with E-state index in [9.17, 15) is 4.79 Å². The molecule has 0 aromatic rings. The molecule has 0 unspecified atom stereocenters. The third kappa shape index (κ3) is 2.69. The Morgan fingerprint density at radius 2 is 1.79 bits per heavy atom. The van der Waals surface area contributed by atoms with Crippen molar-refractivity contribution >= 4 is 11.7 Å². The molecule has 0 heterocycles. The van der Waals surface area contributed by atoms with Gasteiger partial charge in [-0.15, -0.1) is 0 Å². The summed E-state index contributed by atoms with van der Waals surface area (Å²) in [5, 5.41) is 11.5. The topological polar surface area (TPSA) is 78.9 Å². The number of oxime groups is 1. The molecule has 3 N–H and O–H groups in total. The summed E-state index contributed by atoms with van der Waals surface area (Å²) in [7, 11) is 0. The maximum absolute atomic E-state index is 12.7. The lowest BCUT2D eigenvalue weighted by Crippen LogP contribution is -2.41. The van der Waals surface area contributed by atoms with Crippen LogP contribution in [0.2, 0.25) is 0 Å². The number of amidine groups is 1. The third-order valence-electron chi connectivity index (χ3n) is 4.91. The number of rotatable bonds is 5. The number of hydrogen-bond donors (Lipinski definition) is 2. The van der Waals surface area contributed by atoms with Crippen molar-refractivity contribution in [3.8, 4) is 0 Å². The van der Waals surface area contributed by atoms with Crippen LogP contribution in [0.1, 0.15) is 48.0 Å². The smallest absolute Gasteiger partial charge is 0.227 e. The molecular formula is C14H27N3O2. The van der Waals surface area contributed by atoms with E-state index in [0.29, 0.717) is 13.0 Å². The van der Waals surface area contributed by atoms with Gasteiger partial charge in [0.2, 0.25) is 5.91 Å². The van der Waals surface area contributed by atoms with E-state index in [1.54, 1.807) is 0 Å². The fraction of sp³-hybridized carbons (Fsp3) is 0.857. The van der Waals surface area contributed by atoms with Crippen LogP contribution in [0.15, 0.2) is 5.16 Å². The second kappa shape index (κ2) is 5.02. The lowest BCUT2D eigenvalue weighted by atomic mass is 10.0. The molecule has 110 valence electrons. The summed E-state index contributed by atoms with van der Waals surface area (Å²) in [5.41, 5.74) is 5.55. The largest absolute Gasteiger partial charge is 0.409 e. The van der Waals surface area contributed by atoms with E-state index in [1.165, 1.54) is 0 Å². The molecule has 19 heavy (non-hydrogen) atoms. The van der Waals surface area contributed by atoms with Crippen LogP contribution in [0, 0.1) is 16.7 Å². The Morgan fingerprint density at radius 3 is 2.11 bits per heavy atom. The zero-order chi connectivity index (χ0) is 15.0. The summed E-state index contributed by atoms with van der Waals surface area (Å²) in [5.74, 6) is 0.387. The fourth-order valence-corrected chi connectivity index (χ4v) is 2.89. The van der Waals surface area contributed by atoms with E-state index in [4.69, 9.17) is 10.9 Å². The SMILES string of the molecule is CC(C)N(CCC(N)=NO)C(=O)C1C(C)(C)C1(C)C. The molecule has 5 heteroatoms. The minimum absolute atomic E-state index is 0.0356. The van der Waals surface area contributed by atoms with Crippen molar-refractivity contribution in [2.75, 3.05) is 6.54 Å². The maximum Gasteiger partial charge on any atom is 0.227 e. The van der Waals surface area contributed by atoms with Gasteiger partial charge in [-0.3, -0.25) is 4.79 Å². The molecule has 0 spiro atoms. The lowest BCUT2D eigenvalue weighted by Gasteiger charge is -2.27. The standard InChI is InChI=1S/C14H27N3O2/c1-9(2)17(8-7-10(15)16-19)12(18)11-13(3,4)14(11,5)6/h9,11,19H,7-8H2,1-6H3,(H2,15,16). The van der Waals surface area contributed by atoms with Crippen LogP contribution in [0.25, 0.3) is 0 Å². The number of amides is 1. The second-order valence-corrected chi connectivity index (χ2v) is 6.84. The molecule has 1 amide bonds. The summed E-state index contributed by atoms with van der Waals surface area (Å²) in [4.78, 5) is 14.5. The van der Waals surface area contributed by atoms with Crippen LogP contribution in [-0.2, 0) is 4.79 Å².